The summed E-state index contributed by atoms with van der Waals surface area (Å²) < 4.78 is 5.45. The van der Waals surface area contributed by atoms with E-state index in [1.165, 1.54) is 6.42 Å². The van der Waals surface area contributed by atoms with Crippen LogP contribution in [-0.4, -0.2) is 55.7 Å². The van der Waals surface area contributed by atoms with Gasteiger partial charge in [-0.15, -0.1) is 24.8 Å². The second-order valence-corrected chi connectivity index (χ2v) is 6.63. The van der Waals surface area contributed by atoms with Gasteiger partial charge in [0.25, 0.3) is 0 Å². The number of hydrogen-bond donors (Lipinski definition) is 2. The van der Waals surface area contributed by atoms with Crippen LogP contribution in [0.25, 0.3) is 0 Å². The predicted molar refractivity (Wildman–Crippen MR) is 94.0 cm³/mol. The first-order chi connectivity index (χ1) is 9.49. The van der Waals surface area contributed by atoms with Gasteiger partial charge in [-0.25, -0.2) is 0 Å². The maximum absolute atomic E-state index is 12.4. The molecule has 1 amide bonds. The highest BCUT2D eigenvalue weighted by Crippen LogP contribution is 2.28. The molecule has 1 heterocycles. The number of ether oxygens (including phenoxy) is 1. The average molecular weight is 356 g/mol. The van der Waals surface area contributed by atoms with Crippen LogP contribution in [0.15, 0.2) is 0 Å². The first kappa shape index (κ1) is 21.9. The lowest BCUT2D eigenvalue weighted by Crippen LogP contribution is -2.61. The number of likely N-dealkylation sites (N-methyl/N-ethyl adjacent to an activating group) is 1. The van der Waals surface area contributed by atoms with Crippen molar-refractivity contribution in [2.24, 2.45) is 5.73 Å². The standard InChI is InChI=1S/C15H29N3O2.2ClH/c1-18(2)14(8-10-20-11-9-14)12-17-13(19)15(16)6-4-3-5-7-15;;/h3-12,16H2,1-2H3,(H,17,19);2*1H. The van der Waals surface area contributed by atoms with Gasteiger partial charge in [0.05, 0.1) is 5.54 Å². The van der Waals surface area contributed by atoms with Crippen LogP contribution in [0.3, 0.4) is 0 Å². The van der Waals surface area contributed by atoms with Crippen LogP contribution in [0.2, 0.25) is 0 Å². The Morgan fingerprint density at radius 1 is 1.09 bits per heavy atom. The summed E-state index contributed by atoms with van der Waals surface area (Å²) in [5.41, 5.74) is 5.66. The Hall–Kier alpha value is -0.0700. The molecule has 0 radical (unpaired) electrons. The van der Waals surface area contributed by atoms with E-state index in [4.69, 9.17) is 10.5 Å². The van der Waals surface area contributed by atoms with Crippen LogP contribution in [-0.2, 0) is 9.53 Å². The van der Waals surface area contributed by atoms with Gasteiger partial charge in [-0.05, 0) is 39.8 Å². The van der Waals surface area contributed by atoms with E-state index in [1.807, 2.05) is 0 Å². The summed E-state index contributed by atoms with van der Waals surface area (Å²) in [6.45, 7) is 2.20. The molecule has 0 bridgehead atoms. The fraction of sp³-hybridized carbons (Fsp3) is 0.933. The van der Waals surface area contributed by atoms with Crippen LogP contribution in [0.4, 0.5) is 0 Å². The Labute approximate surface area is 146 Å². The minimum absolute atomic E-state index is 0. The molecule has 1 saturated heterocycles. The third-order valence-electron chi connectivity index (χ3n) is 5.15. The second-order valence-electron chi connectivity index (χ2n) is 6.63. The zero-order valence-corrected chi connectivity index (χ0v) is 15.4. The minimum Gasteiger partial charge on any atom is -0.381 e. The Bertz CT molecular complexity index is 342. The molecule has 5 nitrogen and oxygen atoms in total. The lowest BCUT2D eigenvalue weighted by atomic mass is 9.81. The van der Waals surface area contributed by atoms with Gasteiger partial charge >= 0.3 is 0 Å². The van der Waals surface area contributed by atoms with Crippen LogP contribution in [0, 0.1) is 0 Å². The average Bonchev–Trinajstić information content (AvgIpc) is 2.46. The molecule has 2 aliphatic rings. The zero-order valence-electron chi connectivity index (χ0n) is 13.7. The summed E-state index contributed by atoms with van der Waals surface area (Å²) in [4.78, 5) is 14.7. The molecule has 1 aliphatic heterocycles. The molecular formula is C15H31Cl2N3O2. The minimum atomic E-state index is -0.642. The van der Waals surface area contributed by atoms with Crippen molar-refractivity contribution in [3.05, 3.63) is 0 Å². The third-order valence-corrected chi connectivity index (χ3v) is 5.15. The molecule has 3 N–H and O–H groups in total. The van der Waals surface area contributed by atoms with Crippen molar-refractivity contribution >= 4 is 30.7 Å². The van der Waals surface area contributed by atoms with Crippen molar-refractivity contribution in [1.82, 2.24) is 10.2 Å². The molecule has 0 aromatic heterocycles. The molecule has 2 fully saturated rings. The van der Waals surface area contributed by atoms with Gasteiger partial charge in [-0.3, -0.25) is 4.79 Å². The monoisotopic (exact) mass is 355 g/mol. The Balaban J connectivity index is 0.00000220. The molecule has 0 aromatic carbocycles. The molecule has 1 aliphatic carbocycles. The largest absolute Gasteiger partial charge is 0.381 e. The lowest BCUT2D eigenvalue weighted by Gasteiger charge is -2.43. The van der Waals surface area contributed by atoms with Gasteiger partial charge in [0.1, 0.15) is 0 Å². The van der Waals surface area contributed by atoms with Gasteiger partial charge in [0.15, 0.2) is 0 Å². The fourth-order valence-corrected chi connectivity index (χ4v) is 3.36. The summed E-state index contributed by atoms with van der Waals surface area (Å²) in [6, 6.07) is 0. The van der Waals surface area contributed by atoms with Gasteiger partial charge in [0.2, 0.25) is 5.91 Å². The van der Waals surface area contributed by atoms with E-state index >= 15 is 0 Å². The van der Waals surface area contributed by atoms with Crippen molar-refractivity contribution in [2.75, 3.05) is 33.9 Å². The summed E-state index contributed by atoms with van der Waals surface area (Å²) in [7, 11) is 4.16. The smallest absolute Gasteiger partial charge is 0.240 e. The Morgan fingerprint density at radius 2 is 1.64 bits per heavy atom. The molecule has 1 saturated carbocycles. The number of carbonyl (C=O) groups excluding carboxylic acids is 1. The quantitative estimate of drug-likeness (QED) is 0.805. The summed E-state index contributed by atoms with van der Waals surface area (Å²) in [6.07, 6.45) is 6.88. The fourth-order valence-electron chi connectivity index (χ4n) is 3.36. The molecule has 7 heteroatoms. The predicted octanol–water partition coefficient (Wildman–Crippen LogP) is 1.72. The highest BCUT2D eigenvalue weighted by atomic mass is 35.5. The van der Waals surface area contributed by atoms with Gasteiger partial charge in [-0.2, -0.15) is 0 Å². The molecule has 0 atom stereocenters. The van der Waals surface area contributed by atoms with E-state index in [1.54, 1.807) is 0 Å². The Morgan fingerprint density at radius 3 is 2.14 bits per heavy atom. The van der Waals surface area contributed by atoms with Crippen molar-refractivity contribution < 1.29 is 9.53 Å². The van der Waals surface area contributed by atoms with Crippen molar-refractivity contribution in [3.63, 3.8) is 0 Å². The van der Waals surface area contributed by atoms with Crippen molar-refractivity contribution in [2.45, 2.75) is 56.0 Å². The number of nitrogens with zero attached hydrogens (tertiary/aromatic N) is 1. The number of amides is 1. The molecule has 0 aromatic rings. The molecule has 22 heavy (non-hydrogen) atoms. The highest BCUT2D eigenvalue weighted by Gasteiger charge is 2.39. The maximum Gasteiger partial charge on any atom is 0.240 e. The van der Waals surface area contributed by atoms with Gasteiger partial charge in [0, 0.05) is 25.3 Å². The second kappa shape index (κ2) is 9.28. The normalized spacial score (nSPS) is 23.1. The van der Waals surface area contributed by atoms with E-state index in [0.717, 1.165) is 51.7 Å². The highest BCUT2D eigenvalue weighted by molar-refractivity contribution is 5.86. The van der Waals surface area contributed by atoms with Gasteiger partial charge < -0.3 is 20.7 Å². The Kier molecular flexibility index (Phi) is 9.25. The number of halogens is 2. The first-order valence-electron chi connectivity index (χ1n) is 7.81. The van der Waals surface area contributed by atoms with E-state index in [9.17, 15) is 4.79 Å². The van der Waals surface area contributed by atoms with E-state index in [0.29, 0.717) is 6.54 Å². The summed E-state index contributed by atoms with van der Waals surface area (Å²) >= 11 is 0. The molecule has 0 spiro atoms. The van der Waals surface area contributed by atoms with Crippen LogP contribution in [0.1, 0.15) is 44.9 Å². The summed E-state index contributed by atoms with van der Waals surface area (Å²) in [5.74, 6) is 0.0323. The number of rotatable bonds is 4. The third kappa shape index (κ3) is 4.96. The first-order valence-corrected chi connectivity index (χ1v) is 7.81. The molecule has 2 rings (SSSR count). The van der Waals surface area contributed by atoms with Crippen molar-refractivity contribution in [3.8, 4) is 0 Å². The van der Waals surface area contributed by atoms with Crippen LogP contribution >= 0.6 is 24.8 Å². The van der Waals surface area contributed by atoms with E-state index in [2.05, 4.69) is 24.3 Å². The SMILES string of the molecule is CN(C)C1(CNC(=O)C2(N)CCCCC2)CCOCC1.Cl.Cl. The van der Waals surface area contributed by atoms with Crippen molar-refractivity contribution in [1.29, 1.82) is 0 Å². The number of carbonyl (C=O) groups is 1. The maximum atomic E-state index is 12.4. The number of hydrogen-bond acceptors (Lipinski definition) is 4. The van der Waals surface area contributed by atoms with Crippen LogP contribution in [0.5, 0.6) is 0 Å². The lowest BCUT2D eigenvalue weighted by molar-refractivity contribution is -0.128. The van der Waals surface area contributed by atoms with Crippen LogP contribution < -0.4 is 11.1 Å². The molecule has 132 valence electrons. The van der Waals surface area contributed by atoms with Gasteiger partial charge in [-0.1, -0.05) is 19.3 Å². The number of nitrogens with two attached hydrogens (primary N) is 1. The molecular weight excluding hydrogens is 325 g/mol. The van der Waals surface area contributed by atoms with E-state index in [-0.39, 0.29) is 36.3 Å². The summed E-state index contributed by atoms with van der Waals surface area (Å²) in [5, 5.41) is 3.12. The topological polar surface area (TPSA) is 67.6 Å². The van der Waals surface area contributed by atoms with E-state index < -0.39 is 5.54 Å². The zero-order chi connectivity index (χ0) is 14.6. The number of nitrogens with one attached hydrogen (secondary N) is 1. The molecule has 0 unspecified atom stereocenters.